The van der Waals surface area contributed by atoms with Gasteiger partial charge in [-0.2, -0.15) is 0 Å². The van der Waals surface area contributed by atoms with Crippen molar-refractivity contribution in [2.45, 2.75) is 46.5 Å². The Morgan fingerprint density at radius 3 is 2.00 bits per heavy atom. The number of carbonyl (C=O) groups is 2. The molecule has 88 valence electrons. The molecule has 0 aromatic rings. The van der Waals surface area contributed by atoms with E-state index in [1.54, 1.807) is 6.92 Å². The molecule has 15 heavy (non-hydrogen) atoms. The summed E-state index contributed by atoms with van der Waals surface area (Å²) in [5.74, 6) is -2.85. The second-order valence-corrected chi connectivity index (χ2v) is 4.21. The molecular weight excluding hydrogens is 196 g/mol. The van der Waals surface area contributed by atoms with Crippen molar-refractivity contribution in [3.05, 3.63) is 0 Å². The average Bonchev–Trinajstić information content (AvgIpc) is 2.15. The first-order valence-electron chi connectivity index (χ1n) is 5.34. The zero-order valence-electron chi connectivity index (χ0n) is 9.62. The van der Waals surface area contributed by atoms with Gasteiger partial charge >= 0.3 is 11.9 Å². The van der Waals surface area contributed by atoms with Crippen LogP contribution in [-0.2, 0) is 9.59 Å². The highest BCUT2D eigenvalue weighted by Crippen LogP contribution is 2.31. The van der Waals surface area contributed by atoms with Crippen molar-refractivity contribution >= 4 is 11.9 Å². The Kier molecular flexibility index (Phi) is 5.33. The summed E-state index contributed by atoms with van der Waals surface area (Å²) < 4.78 is 0. The highest BCUT2D eigenvalue weighted by atomic mass is 16.4. The minimum atomic E-state index is -1.66. The summed E-state index contributed by atoms with van der Waals surface area (Å²) in [6.07, 6.45) is 3.58. The fourth-order valence-electron chi connectivity index (χ4n) is 1.50. The summed E-state index contributed by atoms with van der Waals surface area (Å²) in [5, 5.41) is 17.9. The van der Waals surface area contributed by atoms with E-state index in [2.05, 4.69) is 6.92 Å². The number of carboxylic acid groups (broad SMARTS) is 2. The van der Waals surface area contributed by atoms with Crippen molar-refractivity contribution in [2.75, 3.05) is 0 Å². The molecule has 0 aliphatic carbocycles. The molecule has 0 saturated heterocycles. The summed E-state index contributed by atoms with van der Waals surface area (Å²) in [5.41, 5.74) is -1.66. The van der Waals surface area contributed by atoms with E-state index in [-0.39, 0.29) is 5.92 Å². The van der Waals surface area contributed by atoms with Crippen LogP contribution in [0.2, 0.25) is 0 Å². The van der Waals surface area contributed by atoms with Gasteiger partial charge in [-0.05, 0) is 19.3 Å². The van der Waals surface area contributed by atoms with Gasteiger partial charge in [0, 0.05) is 0 Å². The fourth-order valence-corrected chi connectivity index (χ4v) is 1.50. The number of unbranched alkanes of at least 4 members (excludes halogenated alkanes) is 2. The number of hydrogen-bond acceptors (Lipinski definition) is 2. The second-order valence-electron chi connectivity index (χ2n) is 4.21. The van der Waals surface area contributed by atoms with Crippen LogP contribution in [0.15, 0.2) is 0 Å². The Morgan fingerprint density at radius 2 is 1.67 bits per heavy atom. The molecular formula is C11H20O4. The van der Waals surface area contributed by atoms with Crippen LogP contribution < -0.4 is 0 Å². The van der Waals surface area contributed by atoms with Crippen LogP contribution in [0.25, 0.3) is 0 Å². The number of aliphatic carboxylic acids is 2. The first-order chi connectivity index (χ1) is 6.87. The van der Waals surface area contributed by atoms with Crippen LogP contribution in [0.4, 0.5) is 0 Å². The second kappa shape index (κ2) is 5.73. The lowest BCUT2D eigenvalue weighted by molar-refractivity contribution is -0.167. The summed E-state index contributed by atoms with van der Waals surface area (Å²) in [7, 11) is 0. The molecule has 0 spiro atoms. The molecule has 0 fully saturated rings. The van der Waals surface area contributed by atoms with Gasteiger partial charge in [0.05, 0.1) is 0 Å². The van der Waals surface area contributed by atoms with Gasteiger partial charge in [0.1, 0.15) is 0 Å². The van der Waals surface area contributed by atoms with Crippen molar-refractivity contribution in [3.63, 3.8) is 0 Å². The molecule has 0 heterocycles. The first kappa shape index (κ1) is 13.9. The normalized spacial score (nSPS) is 13.5. The van der Waals surface area contributed by atoms with E-state index in [4.69, 9.17) is 10.2 Å². The molecule has 0 aromatic heterocycles. The minimum absolute atomic E-state index is 0.348. The zero-order valence-corrected chi connectivity index (χ0v) is 9.62. The summed E-state index contributed by atoms with van der Waals surface area (Å²) in [6, 6.07) is 0. The van der Waals surface area contributed by atoms with Gasteiger partial charge in [-0.1, -0.05) is 33.1 Å². The molecule has 0 unspecified atom stereocenters. The molecule has 0 amide bonds. The van der Waals surface area contributed by atoms with E-state index in [1.807, 2.05) is 0 Å². The Balaban J connectivity index is 4.50. The maximum atomic E-state index is 11.0. The molecule has 0 radical (unpaired) electrons. The average molecular weight is 216 g/mol. The van der Waals surface area contributed by atoms with Crippen LogP contribution >= 0.6 is 0 Å². The highest BCUT2D eigenvalue weighted by Gasteiger charge is 2.46. The van der Waals surface area contributed by atoms with E-state index in [0.29, 0.717) is 6.42 Å². The minimum Gasteiger partial charge on any atom is -0.480 e. The van der Waals surface area contributed by atoms with E-state index < -0.39 is 17.4 Å². The first-order valence-corrected chi connectivity index (χ1v) is 5.34. The Bertz CT molecular complexity index is 221. The fraction of sp³-hybridized carbons (Fsp3) is 0.818. The monoisotopic (exact) mass is 216 g/mol. The molecule has 0 aliphatic rings. The standard InChI is InChI=1S/C11H20O4/c1-4-5-6-7-8(2)11(3,9(12)13)10(14)15/h8H,4-7H2,1-3H3,(H,12,13)(H,14,15)/t8-/m1/s1. The van der Waals surface area contributed by atoms with E-state index in [9.17, 15) is 9.59 Å². The van der Waals surface area contributed by atoms with Crippen LogP contribution in [0.5, 0.6) is 0 Å². The van der Waals surface area contributed by atoms with Crippen molar-refractivity contribution in [1.82, 2.24) is 0 Å². The number of rotatable bonds is 7. The van der Waals surface area contributed by atoms with Gasteiger partial charge in [-0.3, -0.25) is 9.59 Å². The lowest BCUT2D eigenvalue weighted by atomic mass is 9.75. The lowest BCUT2D eigenvalue weighted by Crippen LogP contribution is -2.42. The van der Waals surface area contributed by atoms with Gasteiger partial charge in [-0.25, -0.2) is 0 Å². The summed E-state index contributed by atoms with van der Waals surface area (Å²) >= 11 is 0. The van der Waals surface area contributed by atoms with E-state index in [1.165, 1.54) is 6.92 Å². The lowest BCUT2D eigenvalue weighted by Gasteiger charge is -2.26. The third-order valence-electron chi connectivity index (χ3n) is 3.11. The molecule has 0 aromatic carbocycles. The Hall–Kier alpha value is -1.06. The van der Waals surface area contributed by atoms with Crippen molar-refractivity contribution in [1.29, 1.82) is 0 Å². The topological polar surface area (TPSA) is 74.6 Å². The Labute approximate surface area is 90.3 Å². The SMILES string of the molecule is CCCCC[C@@H](C)C(C)(C(=O)O)C(=O)O. The summed E-state index contributed by atoms with van der Waals surface area (Å²) in [4.78, 5) is 21.9. The third kappa shape index (κ3) is 3.22. The predicted molar refractivity (Wildman–Crippen MR) is 56.7 cm³/mol. The van der Waals surface area contributed by atoms with Gasteiger partial charge in [0.25, 0.3) is 0 Å². The zero-order chi connectivity index (χ0) is 12.1. The number of carboxylic acids is 2. The molecule has 4 heteroatoms. The molecule has 0 bridgehead atoms. The van der Waals surface area contributed by atoms with Crippen molar-refractivity contribution in [2.24, 2.45) is 11.3 Å². The van der Waals surface area contributed by atoms with Gasteiger partial charge < -0.3 is 10.2 Å². The van der Waals surface area contributed by atoms with E-state index in [0.717, 1.165) is 19.3 Å². The molecule has 0 saturated carbocycles. The van der Waals surface area contributed by atoms with Gasteiger partial charge in [-0.15, -0.1) is 0 Å². The van der Waals surface area contributed by atoms with E-state index >= 15 is 0 Å². The highest BCUT2D eigenvalue weighted by molar-refractivity contribution is 5.98. The van der Waals surface area contributed by atoms with Crippen molar-refractivity contribution in [3.8, 4) is 0 Å². The van der Waals surface area contributed by atoms with Crippen molar-refractivity contribution < 1.29 is 19.8 Å². The Morgan fingerprint density at radius 1 is 1.20 bits per heavy atom. The summed E-state index contributed by atoms with van der Waals surface area (Å²) in [6.45, 7) is 5.03. The molecule has 2 N–H and O–H groups in total. The van der Waals surface area contributed by atoms with Crippen LogP contribution in [-0.4, -0.2) is 22.2 Å². The largest absolute Gasteiger partial charge is 0.480 e. The van der Waals surface area contributed by atoms with Gasteiger partial charge in [0.15, 0.2) is 5.41 Å². The maximum Gasteiger partial charge on any atom is 0.321 e. The van der Waals surface area contributed by atoms with Gasteiger partial charge in [0.2, 0.25) is 0 Å². The maximum absolute atomic E-state index is 11.0. The third-order valence-corrected chi connectivity index (χ3v) is 3.11. The quantitative estimate of drug-likeness (QED) is 0.506. The van der Waals surface area contributed by atoms with Crippen LogP contribution in [0.1, 0.15) is 46.5 Å². The van der Waals surface area contributed by atoms with Crippen LogP contribution in [0.3, 0.4) is 0 Å². The van der Waals surface area contributed by atoms with Crippen LogP contribution in [0, 0.1) is 11.3 Å². The number of hydrogen-bond donors (Lipinski definition) is 2. The molecule has 0 aliphatic heterocycles. The molecule has 1 atom stereocenters. The molecule has 0 rings (SSSR count). The molecule has 4 nitrogen and oxygen atoms in total. The smallest absolute Gasteiger partial charge is 0.321 e. The predicted octanol–water partition coefficient (Wildman–Crippen LogP) is 2.38.